The fourth-order valence-corrected chi connectivity index (χ4v) is 3.30. The number of hydrogen-bond donors (Lipinski definition) is 0. The average Bonchev–Trinajstić information content (AvgIpc) is 2.69. The molecule has 4 rings (SSSR count). The molecule has 1 aromatic heterocycles. The second-order valence-electron chi connectivity index (χ2n) is 6.41. The second kappa shape index (κ2) is 7.00. The van der Waals surface area contributed by atoms with Gasteiger partial charge in [-0.05, 0) is 55.2 Å². The molecule has 1 amide bonds. The molecular weight excluding hydrogens is 324 g/mol. The van der Waals surface area contributed by atoms with Gasteiger partial charge in [-0.1, -0.05) is 36.4 Å². The summed E-state index contributed by atoms with van der Waals surface area (Å²) in [5.74, 6) is 0.975. The van der Waals surface area contributed by atoms with Crippen LogP contribution >= 0.6 is 0 Å². The highest BCUT2D eigenvalue weighted by Crippen LogP contribution is 2.31. The van der Waals surface area contributed by atoms with E-state index in [0.717, 1.165) is 24.1 Å². The maximum absolute atomic E-state index is 13.3. The molecule has 0 saturated carbocycles. The molecule has 1 aliphatic heterocycles. The fourth-order valence-electron chi connectivity index (χ4n) is 3.30. The maximum Gasteiger partial charge on any atom is 0.263 e. The van der Waals surface area contributed by atoms with Crippen LogP contribution in [0, 0.1) is 6.92 Å². The van der Waals surface area contributed by atoms with Crippen LogP contribution in [0.15, 0.2) is 66.9 Å². The SMILES string of the molecule is Cc1ccccc1Oc1ncccc1C(=O)N1CCCc2ccccc21. The first-order valence-electron chi connectivity index (χ1n) is 8.82. The Kier molecular flexibility index (Phi) is 4.40. The average molecular weight is 344 g/mol. The molecule has 0 radical (unpaired) electrons. The van der Waals surface area contributed by atoms with Gasteiger partial charge < -0.3 is 9.64 Å². The number of anilines is 1. The Morgan fingerprint density at radius 1 is 1.04 bits per heavy atom. The Bertz CT molecular complexity index is 952. The van der Waals surface area contributed by atoms with Gasteiger partial charge in [0.05, 0.1) is 0 Å². The lowest BCUT2D eigenvalue weighted by atomic mass is 10.0. The van der Waals surface area contributed by atoms with Crippen LogP contribution in [0.25, 0.3) is 0 Å². The van der Waals surface area contributed by atoms with Crippen LogP contribution in [0.3, 0.4) is 0 Å². The van der Waals surface area contributed by atoms with E-state index in [9.17, 15) is 4.79 Å². The van der Waals surface area contributed by atoms with Crippen LogP contribution in [-0.2, 0) is 6.42 Å². The number of rotatable bonds is 3. The van der Waals surface area contributed by atoms with E-state index in [1.807, 2.05) is 54.3 Å². The lowest BCUT2D eigenvalue weighted by Crippen LogP contribution is -2.35. The van der Waals surface area contributed by atoms with E-state index < -0.39 is 0 Å². The zero-order valence-corrected chi connectivity index (χ0v) is 14.7. The predicted molar refractivity (Wildman–Crippen MR) is 102 cm³/mol. The number of para-hydroxylation sites is 2. The summed E-state index contributed by atoms with van der Waals surface area (Å²) in [6, 6.07) is 19.4. The predicted octanol–water partition coefficient (Wildman–Crippen LogP) is 4.78. The van der Waals surface area contributed by atoms with Gasteiger partial charge in [0.15, 0.2) is 0 Å². The van der Waals surface area contributed by atoms with Crippen LogP contribution in [0.2, 0.25) is 0 Å². The highest BCUT2D eigenvalue weighted by molar-refractivity contribution is 6.08. The van der Waals surface area contributed by atoms with Crippen molar-refractivity contribution in [3.05, 3.63) is 83.6 Å². The number of carbonyl (C=O) groups excluding carboxylic acids is 1. The quantitative estimate of drug-likeness (QED) is 0.687. The minimum atomic E-state index is -0.0752. The van der Waals surface area contributed by atoms with Crippen LogP contribution in [-0.4, -0.2) is 17.4 Å². The number of pyridine rings is 1. The zero-order chi connectivity index (χ0) is 17.9. The van der Waals surface area contributed by atoms with Crippen molar-refractivity contribution in [2.75, 3.05) is 11.4 Å². The summed E-state index contributed by atoms with van der Waals surface area (Å²) in [7, 11) is 0. The number of nitrogens with zero attached hydrogens (tertiary/aromatic N) is 2. The highest BCUT2D eigenvalue weighted by atomic mass is 16.5. The molecule has 2 heterocycles. The third kappa shape index (κ3) is 3.06. The molecule has 0 saturated heterocycles. The van der Waals surface area contributed by atoms with E-state index in [1.54, 1.807) is 18.3 Å². The molecule has 0 N–H and O–H groups in total. The summed E-state index contributed by atoms with van der Waals surface area (Å²) in [5, 5.41) is 0. The number of ether oxygens (including phenoxy) is 1. The van der Waals surface area contributed by atoms with Crippen molar-refractivity contribution in [2.24, 2.45) is 0 Å². The number of aryl methyl sites for hydroxylation is 2. The second-order valence-corrected chi connectivity index (χ2v) is 6.41. The van der Waals surface area contributed by atoms with Gasteiger partial charge in [0, 0.05) is 18.4 Å². The molecule has 4 nitrogen and oxygen atoms in total. The standard InChI is InChI=1S/C22H20N2O2/c1-16-8-2-5-13-20(16)26-21-18(11-6-14-23-21)22(25)24-15-7-10-17-9-3-4-12-19(17)24/h2-6,8-9,11-14H,7,10,15H2,1H3. The van der Waals surface area contributed by atoms with Gasteiger partial charge in [0.25, 0.3) is 5.91 Å². The molecule has 130 valence electrons. The molecule has 2 aromatic carbocycles. The largest absolute Gasteiger partial charge is 0.438 e. The first kappa shape index (κ1) is 16.3. The minimum Gasteiger partial charge on any atom is -0.438 e. The number of aromatic nitrogens is 1. The molecule has 0 aliphatic carbocycles. The Morgan fingerprint density at radius 2 is 1.85 bits per heavy atom. The normalized spacial score (nSPS) is 13.2. The van der Waals surface area contributed by atoms with Gasteiger partial charge in [-0.3, -0.25) is 4.79 Å². The van der Waals surface area contributed by atoms with E-state index in [0.29, 0.717) is 23.7 Å². The number of benzene rings is 2. The number of carbonyl (C=O) groups is 1. The fraction of sp³-hybridized carbons (Fsp3) is 0.182. The smallest absolute Gasteiger partial charge is 0.263 e. The van der Waals surface area contributed by atoms with Crippen molar-refractivity contribution in [3.63, 3.8) is 0 Å². The van der Waals surface area contributed by atoms with Crippen LogP contribution < -0.4 is 9.64 Å². The summed E-state index contributed by atoms with van der Waals surface area (Å²) < 4.78 is 5.98. The van der Waals surface area contributed by atoms with Crippen LogP contribution in [0.1, 0.15) is 27.9 Å². The summed E-state index contributed by atoms with van der Waals surface area (Å²) in [5.41, 5.74) is 3.67. The van der Waals surface area contributed by atoms with Gasteiger partial charge in [-0.2, -0.15) is 0 Å². The van der Waals surface area contributed by atoms with Crippen molar-refractivity contribution in [3.8, 4) is 11.6 Å². The molecule has 1 aliphatic rings. The maximum atomic E-state index is 13.3. The highest BCUT2D eigenvalue weighted by Gasteiger charge is 2.26. The number of fused-ring (bicyclic) bond motifs is 1. The molecule has 26 heavy (non-hydrogen) atoms. The summed E-state index contributed by atoms with van der Waals surface area (Å²) in [6.45, 7) is 2.68. The third-order valence-electron chi connectivity index (χ3n) is 4.66. The minimum absolute atomic E-state index is 0.0752. The van der Waals surface area contributed by atoms with Crippen molar-refractivity contribution in [1.29, 1.82) is 0 Å². The zero-order valence-electron chi connectivity index (χ0n) is 14.7. The van der Waals surface area contributed by atoms with E-state index in [-0.39, 0.29) is 5.91 Å². The van der Waals surface area contributed by atoms with E-state index in [1.165, 1.54) is 5.56 Å². The Hall–Kier alpha value is -3.14. The van der Waals surface area contributed by atoms with Crippen LogP contribution in [0.4, 0.5) is 5.69 Å². The Balaban J connectivity index is 1.69. The van der Waals surface area contributed by atoms with E-state index >= 15 is 0 Å². The Morgan fingerprint density at radius 3 is 2.73 bits per heavy atom. The lowest BCUT2D eigenvalue weighted by Gasteiger charge is -2.29. The topological polar surface area (TPSA) is 42.4 Å². The van der Waals surface area contributed by atoms with Crippen molar-refractivity contribution < 1.29 is 9.53 Å². The molecular formula is C22H20N2O2. The van der Waals surface area contributed by atoms with Crippen molar-refractivity contribution in [2.45, 2.75) is 19.8 Å². The summed E-state index contributed by atoms with van der Waals surface area (Å²) in [6.07, 6.45) is 3.60. The first-order chi connectivity index (χ1) is 12.7. The first-order valence-corrected chi connectivity index (χ1v) is 8.82. The third-order valence-corrected chi connectivity index (χ3v) is 4.66. The molecule has 0 atom stereocenters. The molecule has 0 fully saturated rings. The summed E-state index contributed by atoms with van der Waals surface area (Å²) in [4.78, 5) is 19.4. The van der Waals surface area contributed by atoms with Gasteiger partial charge in [-0.25, -0.2) is 4.98 Å². The van der Waals surface area contributed by atoms with Gasteiger partial charge in [-0.15, -0.1) is 0 Å². The van der Waals surface area contributed by atoms with E-state index in [4.69, 9.17) is 4.74 Å². The van der Waals surface area contributed by atoms with Crippen molar-refractivity contribution >= 4 is 11.6 Å². The van der Waals surface area contributed by atoms with Gasteiger partial charge >= 0.3 is 0 Å². The molecule has 4 heteroatoms. The van der Waals surface area contributed by atoms with Gasteiger partial charge in [0.2, 0.25) is 5.88 Å². The molecule has 0 unspecified atom stereocenters. The van der Waals surface area contributed by atoms with Crippen LogP contribution in [0.5, 0.6) is 11.6 Å². The monoisotopic (exact) mass is 344 g/mol. The molecule has 3 aromatic rings. The molecule has 0 bridgehead atoms. The van der Waals surface area contributed by atoms with E-state index in [2.05, 4.69) is 11.1 Å². The lowest BCUT2D eigenvalue weighted by molar-refractivity contribution is 0.0982. The number of hydrogen-bond acceptors (Lipinski definition) is 3. The van der Waals surface area contributed by atoms with Gasteiger partial charge in [0.1, 0.15) is 11.3 Å². The summed E-state index contributed by atoms with van der Waals surface area (Å²) >= 11 is 0. The molecule has 0 spiro atoms. The van der Waals surface area contributed by atoms with Crippen molar-refractivity contribution in [1.82, 2.24) is 4.98 Å². The Labute approximate surface area is 153 Å². The number of amides is 1.